The van der Waals surface area contributed by atoms with Gasteiger partial charge in [0, 0.05) is 25.7 Å². The van der Waals surface area contributed by atoms with Crippen molar-refractivity contribution >= 4 is 39.5 Å². The zero-order valence-corrected chi connectivity index (χ0v) is 62.6. The average molecular weight is 1400 g/mol. The van der Waals surface area contributed by atoms with E-state index in [0.29, 0.717) is 25.7 Å². The molecular formula is C77H138O17P2. The molecule has 0 aromatic heterocycles. The van der Waals surface area contributed by atoms with Crippen LogP contribution in [-0.2, 0) is 65.4 Å². The molecule has 0 aliphatic carbocycles. The fourth-order valence-corrected chi connectivity index (χ4v) is 11.8. The maximum absolute atomic E-state index is 13.1. The van der Waals surface area contributed by atoms with Crippen molar-refractivity contribution in [3.8, 4) is 0 Å². The van der Waals surface area contributed by atoms with Gasteiger partial charge in [-0.25, -0.2) is 9.13 Å². The Morgan fingerprint density at radius 2 is 0.510 bits per heavy atom. The Kier molecular flexibility index (Phi) is 67.4. The lowest BCUT2D eigenvalue weighted by Crippen LogP contribution is -2.30. The second-order valence-electron chi connectivity index (χ2n) is 25.6. The molecule has 0 saturated carbocycles. The van der Waals surface area contributed by atoms with Gasteiger partial charge in [0.2, 0.25) is 0 Å². The first-order chi connectivity index (χ1) is 46.7. The average Bonchev–Trinajstić information content (AvgIpc) is 1.19. The van der Waals surface area contributed by atoms with Crippen LogP contribution in [0.3, 0.4) is 0 Å². The lowest BCUT2D eigenvalue weighted by molar-refractivity contribution is -0.161. The quantitative estimate of drug-likeness (QED) is 0.0169. The van der Waals surface area contributed by atoms with E-state index in [2.05, 4.69) is 101 Å². The summed E-state index contributed by atoms with van der Waals surface area (Å²) < 4.78 is 68.4. The third-order valence-corrected chi connectivity index (χ3v) is 18.0. The van der Waals surface area contributed by atoms with Crippen molar-refractivity contribution in [3.05, 3.63) is 72.9 Å². The van der Waals surface area contributed by atoms with Crippen LogP contribution in [0.15, 0.2) is 72.9 Å². The van der Waals surface area contributed by atoms with E-state index in [1.807, 2.05) is 0 Å². The summed E-state index contributed by atoms with van der Waals surface area (Å²) >= 11 is 0. The highest BCUT2D eigenvalue weighted by atomic mass is 31.2. The Labute approximate surface area is 583 Å². The molecule has 0 aromatic carbocycles. The standard InChI is InChI=1S/C77H138O17P2/c1-5-9-13-17-21-25-29-33-35-39-43-47-51-55-59-63-76(81)93-72(67-87-74(79)61-57-53-49-45-41-37-31-27-23-19-15-11-7-3)69-91-95(83,84)89-65-71(78)66-90-96(85,86)92-70-73(68-88-75(80)62-58-54-50-46-42-38-32-28-24-20-16-12-8-4)94-77(82)64-60-56-52-48-44-40-36-34-30-26-22-18-14-10-6-2/h21-22,25-28,31-36,71-73,78H,5-20,23-24,29-30,37-70H2,1-4H3,(H,83,84)(H,85,86)/b25-21-,26-22-,31-27-,32-28-,35-33-,36-34-/t72-,73-/m1/s1. The molecule has 0 heterocycles. The molecule has 0 aromatic rings. The largest absolute Gasteiger partial charge is 0.472 e. The highest BCUT2D eigenvalue weighted by Crippen LogP contribution is 2.45. The van der Waals surface area contributed by atoms with E-state index in [-0.39, 0.29) is 25.7 Å². The molecule has 96 heavy (non-hydrogen) atoms. The number of carbonyl (C=O) groups is 4. The van der Waals surface area contributed by atoms with Crippen molar-refractivity contribution < 1.29 is 80.2 Å². The predicted molar refractivity (Wildman–Crippen MR) is 390 cm³/mol. The molecule has 0 fully saturated rings. The summed E-state index contributed by atoms with van der Waals surface area (Å²) in [5.41, 5.74) is 0. The number of carbonyl (C=O) groups excluding carboxylic acids is 4. The minimum Gasteiger partial charge on any atom is -0.462 e. The zero-order chi connectivity index (χ0) is 70.4. The van der Waals surface area contributed by atoms with Gasteiger partial charge in [-0.2, -0.15) is 0 Å². The van der Waals surface area contributed by atoms with E-state index in [9.17, 15) is 43.2 Å². The van der Waals surface area contributed by atoms with Crippen molar-refractivity contribution in [2.75, 3.05) is 39.6 Å². The number of aliphatic hydroxyl groups excluding tert-OH is 1. The maximum atomic E-state index is 13.1. The van der Waals surface area contributed by atoms with Crippen molar-refractivity contribution in [1.29, 1.82) is 0 Å². The molecule has 4 atom stereocenters. The molecule has 0 amide bonds. The van der Waals surface area contributed by atoms with Crippen LogP contribution < -0.4 is 0 Å². The number of hydrogen-bond donors (Lipinski definition) is 3. The van der Waals surface area contributed by atoms with E-state index >= 15 is 0 Å². The Morgan fingerprint density at radius 3 is 0.802 bits per heavy atom. The van der Waals surface area contributed by atoms with Gasteiger partial charge >= 0.3 is 39.5 Å². The second-order valence-corrected chi connectivity index (χ2v) is 28.5. The van der Waals surface area contributed by atoms with Gasteiger partial charge in [-0.05, 0) is 141 Å². The van der Waals surface area contributed by atoms with Crippen molar-refractivity contribution in [2.24, 2.45) is 0 Å². The predicted octanol–water partition coefficient (Wildman–Crippen LogP) is 21.7. The Morgan fingerprint density at radius 1 is 0.292 bits per heavy atom. The second kappa shape index (κ2) is 70.0. The lowest BCUT2D eigenvalue weighted by Gasteiger charge is -2.21. The number of phosphoric ester groups is 2. The Bertz CT molecular complexity index is 1960. The number of allylic oxidation sites excluding steroid dienone is 12. The summed E-state index contributed by atoms with van der Waals surface area (Å²) in [6, 6.07) is 0. The summed E-state index contributed by atoms with van der Waals surface area (Å²) in [5.74, 6) is -2.20. The topological polar surface area (TPSA) is 237 Å². The van der Waals surface area contributed by atoms with Gasteiger partial charge in [0.15, 0.2) is 12.2 Å². The van der Waals surface area contributed by atoms with Gasteiger partial charge in [-0.1, -0.05) is 242 Å². The SMILES string of the molecule is CCCCC/C=C\C/C=C\CCCCCCCC(=O)O[C@H](COC(=O)CCCCCCC/C=C\CCCCCC)COP(=O)(O)OCC(O)COP(=O)(O)OC[C@@H](COC(=O)CCCCCCC/C=C\CCCCCC)OC(=O)CCCCCCC/C=C\C/C=C\CCCCC. The normalized spacial score (nSPS) is 14.4. The van der Waals surface area contributed by atoms with Crippen molar-refractivity contribution in [1.82, 2.24) is 0 Å². The molecule has 19 heteroatoms. The van der Waals surface area contributed by atoms with Gasteiger partial charge < -0.3 is 33.8 Å². The summed E-state index contributed by atoms with van der Waals surface area (Å²) in [4.78, 5) is 72.8. The molecule has 558 valence electrons. The van der Waals surface area contributed by atoms with E-state index in [1.54, 1.807) is 0 Å². The summed E-state index contributed by atoms with van der Waals surface area (Å²) in [5, 5.41) is 10.6. The number of phosphoric acid groups is 2. The van der Waals surface area contributed by atoms with Gasteiger partial charge in [0.25, 0.3) is 0 Å². The first-order valence-corrected chi connectivity index (χ1v) is 41.2. The summed E-state index contributed by atoms with van der Waals surface area (Å²) in [7, 11) is -9.95. The van der Waals surface area contributed by atoms with Crippen LogP contribution in [0, 0.1) is 0 Å². The summed E-state index contributed by atoms with van der Waals surface area (Å²) in [6.45, 7) is 4.77. The third kappa shape index (κ3) is 69.0. The first-order valence-electron chi connectivity index (χ1n) is 38.2. The van der Waals surface area contributed by atoms with Crippen LogP contribution >= 0.6 is 15.6 Å². The summed E-state index contributed by atoms with van der Waals surface area (Å²) in [6.07, 6.45) is 68.8. The van der Waals surface area contributed by atoms with Gasteiger partial charge in [0.05, 0.1) is 26.4 Å². The van der Waals surface area contributed by atoms with Gasteiger partial charge in [0.1, 0.15) is 19.3 Å². The van der Waals surface area contributed by atoms with E-state index < -0.39 is 97.5 Å². The van der Waals surface area contributed by atoms with E-state index in [1.165, 1.54) is 89.9 Å². The molecule has 0 aliphatic rings. The number of unbranched alkanes of at least 4 members (excludes halogenated alkanes) is 34. The monoisotopic (exact) mass is 1400 g/mol. The first kappa shape index (κ1) is 92.5. The van der Waals surface area contributed by atoms with E-state index in [4.69, 9.17) is 37.0 Å². The highest BCUT2D eigenvalue weighted by molar-refractivity contribution is 7.47. The fourth-order valence-electron chi connectivity index (χ4n) is 10.2. The molecule has 2 unspecified atom stereocenters. The molecule has 0 spiro atoms. The molecule has 0 radical (unpaired) electrons. The minimum atomic E-state index is -4.97. The van der Waals surface area contributed by atoms with Crippen LogP contribution in [0.2, 0.25) is 0 Å². The van der Waals surface area contributed by atoms with Crippen molar-refractivity contribution in [3.63, 3.8) is 0 Å². The Hall–Kier alpha value is -3.50. The van der Waals surface area contributed by atoms with Gasteiger partial charge in [-0.3, -0.25) is 37.3 Å². The van der Waals surface area contributed by atoms with Crippen LogP contribution in [0.1, 0.15) is 336 Å². The number of hydrogen-bond acceptors (Lipinski definition) is 15. The number of aliphatic hydroxyl groups is 1. The van der Waals surface area contributed by atoms with Crippen LogP contribution in [0.4, 0.5) is 0 Å². The zero-order valence-electron chi connectivity index (χ0n) is 60.8. The smallest absolute Gasteiger partial charge is 0.462 e. The van der Waals surface area contributed by atoms with Crippen LogP contribution in [0.25, 0.3) is 0 Å². The van der Waals surface area contributed by atoms with Crippen LogP contribution in [0.5, 0.6) is 0 Å². The molecule has 0 aliphatic heterocycles. The molecule has 0 saturated heterocycles. The Balaban J connectivity index is 5.36. The fraction of sp³-hybridized carbons (Fsp3) is 0.792. The highest BCUT2D eigenvalue weighted by Gasteiger charge is 2.30. The molecule has 0 bridgehead atoms. The molecular weight excluding hydrogens is 1260 g/mol. The number of esters is 4. The molecule has 3 N–H and O–H groups in total. The van der Waals surface area contributed by atoms with E-state index in [0.717, 1.165) is 167 Å². The number of ether oxygens (including phenoxy) is 4. The molecule has 17 nitrogen and oxygen atoms in total. The number of rotatable bonds is 72. The third-order valence-electron chi connectivity index (χ3n) is 16.1. The lowest BCUT2D eigenvalue weighted by atomic mass is 10.1. The van der Waals surface area contributed by atoms with Crippen molar-refractivity contribution in [2.45, 2.75) is 354 Å². The molecule has 0 rings (SSSR count). The van der Waals surface area contributed by atoms with Gasteiger partial charge in [-0.15, -0.1) is 0 Å². The minimum absolute atomic E-state index is 0.0794. The van der Waals surface area contributed by atoms with Crippen LogP contribution in [-0.4, -0.2) is 96.7 Å². The maximum Gasteiger partial charge on any atom is 0.472 e.